The number of amides is 3. The molecule has 0 saturated carbocycles. The molecule has 0 aliphatic carbocycles. The van der Waals surface area contributed by atoms with Crippen molar-refractivity contribution in [2.24, 2.45) is 0 Å². The van der Waals surface area contributed by atoms with Crippen molar-refractivity contribution in [2.45, 2.75) is 12.8 Å². The van der Waals surface area contributed by atoms with E-state index in [0.717, 1.165) is 0 Å². The van der Waals surface area contributed by atoms with E-state index in [1.165, 1.54) is 18.4 Å². The summed E-state index contributed by atoms with van der Waals surface area (Å²) in [5.74, 6) is -0.561. The lowest BCUT2D eigenvalue weighted by atomic mass is 10.3. The Bertz CT molecular complexity index is 431. The van der Waals surface area contributed by atoms with E-state index in [1.54, 1.807) is 6.07 Å². The zero-order chi connectivity index (χ0) is 14.1. The lowest BCUT2D eigenvalue weighted by Gasteiger charge is -2.05. The van der Waals surface area contributed by atoms with Crippen LogP contribution < -0.4 is 16.0 Å². The number of rotatable bonds is 7. The Morgan fingerprint density at radius 3 is 2.63 bits per heavy atom. The number of carbonyl (C=O) groups is 3. The summed E-state index contributed by atoms with van der Waals surface area (Å²) in [6.07, 6.45) is 0.818. The van der Waals surface area contributed by atoms with Gasteiger partial charge in [0.05, 0.1) is 11.4 Å². The molecule has 0 aliphatic rings. The molecule has 7 heteroatoms. The van der Waals surface area contributed by atoms with Gasteiger partial charge in [0.25, 0.3) is 5.91 Å². The average molecular weight is 283 g/mol. The Hall–Kier alpha value is -1.89. The van der Waals surface area contributed by atoms with Crippen LogP contribution in [0.3, 0.4) is 0 Å². The number of nitrogens with one attached hydrogen (secondary N) is 3. The van der Waals surface area contributed by atoms with Crippen LogP contribution in [0.5, 0.6) is 0 Å². The molecule has 19 heavy (non-hydrogen) atoms. The molecule has 0 aliphatic heterocycles. The summed E-state index contributed by atoms with van der Waals surface area (Å²) in [7, 11) is 1.51. The van der Waals surface area contributed by atoms with Gasteiger partial charge >= 0.3 is 0 Å². The van der Waals surface area contributed by atoms with Crippen molar-refractivity contribution in [3.8, 4) is 0 Å². The largest absolute Gasteiger partial charge is 0.358 e. The van der Waals surface area contributed by atoms with E-state index in [-0.39, 0.29) is 30.7 Å². The second kappa shape index (κ2) is 8.25. The molecule has 3 amide bonds. The van der Waals surface area contributed by atoms with E-state index in [2.05, 4.69) is 16.0 Å². The Morgan fingerprint density at radius 1 is 1.21 bits per heavy atom. The van der Waals surface area contributed by atoms with E-state index in [1.807, 2.05) is 11.4 Å². The second-order valence-corrected chi connectivity index (χ2v) is 4.73. The van der Waals surface area contributed by atoms with Crippen molar-refractivity contribution in [1.29, 1.82) is 0 Å². The van der Waals surface area contributed by atoms with Crippen LogP contribution >= 0.6 is 11.3 Å². The highest BCUT2D eigenvalue weighted by Crippen LogP contribution is 2.07. The summed E-state index contributed by atoms with van der Waals surface area (Å²) in [5, 5.41) is 9.46. The van der Waals surface area contributed by atoms with E-state index in [9.17, 15) is 14.4 Å². The quantitative estimate of drug-likeness (QED) is 0.621. The van der Waals surface area contributed by atoms with Crippen molar-refractivity contribution in [1.82, 2.24) is 16.0 Å². The molecule has 104 valence electrons. The summed E-state index contributed by atoms with van der Waals surface area (Å²) >= 11 is 1.37. The Morgan fingerprint density at radius 2 is 2.00 bits per heavy atom. The van der Waals surface area contributed by atoms with E-state index < -0.39 is 0 Å². The van der Waals surface area contributed by atoms with Gasteiger partial charge in [-0.25, -0.2) is 0 Å². The standard InChI is InChI=1S/C12H17N3O3S/c1-13-11(17)8-15-10(16)5-2-6-14-12(18)9-4-3-7-19-9/h3-4,7H,2,5-6,8H2,1H3,(H,13,17)(H,14,18)(H,15,16). The normalized spacial score (nSPS) is 9.74. The third-order valence-corrected chi connectivity index (χ3v) is 3.20. The lowest BCUT2D eigenvalue weighted by molar-refractivity contribution is -0.125. The minimum absolute atomic E-state index is 0.0170. The van der Waals surface area contributed by atoms with E-state index in [4.69, 9.17) is 0 Å². The van der Waals surface area contributed by atoms with Crippen molar-refractivity contribution in [2.75, 3.05) is 20.1 Å². The van der Waals surface area contributed by atoms with Gasteiger partial charge in [-0.05, 0) is 17.9 Å². The van der Waals surface area contributed by atoms with Gasteiger partial charge in [0.1, 0.15) is 0 Å². The molecule has 1 aromatic rings. The molecule has 1 rings (SSSR count). The number of thiophene rings is 1. The summed E-state index contributed by atoms with van der Waals surface area (Å²) in [6.45, 7) is 0.418. The molecule has 3 N–H and O–H groups in total. The maximum Gasteiger partial charge on any atom is 0.261 e. The smallest absolute Gasteiger partial charge is 0.261 e. The summed E-state index contributed by atoms with van der Waals surface area (Å²) in [5.41, 5.74) is 0. The van der Waals surface area contributed by atoms with Gasteiger partial charge in [0.15, 0.2) is 0 Å². The van der Waals surface area contributed by atoms with Crippen LogP contribution in [0.1, 0.15) is 22.5 Å². The van der Waals surface area contributed by atoms with Gasteiger partial charge in [-0.2, -0.15) is 0 Å². The number of hydrogen-bond donors (Lipinski definition) is 3. The first-order chi connectivity index (χ1) is 9.13. The maximum atomic E-state index is 11.6. The zero-order valence-corrected chi connectivity index (χ0v) is 11.5. The minimum atomic E-state index is -0.237. The molecule has 0 spiro atoms. The third kappa shape index (κ3) is 6.01. The predicted octanol–water partition coefficient (Wildman–Crippen LogP) is 0.120. The van der Waals surface area contributed by atoms with Crippen LogP contribution in [0.15, 0.2) is 17.5 Å². The molecular formula is C12H17N3O3S. The third-order valence-electron chi connectivity index (χ3n) is 2.34. The summed E-state index contributed by atoms with van der Waals surface area (Å²) in [6, 6.07) is 3.56. The van der Waals surface area contributed by atoms with Crippen molar-refractivity contribution >= 4 is 29.1 Å². The van der Waals surface area contributed by atoms with Crippen LogP contribution in [0, 0.1) is 0 Å². The van der Waals surface area contributed by atoms with Crippen LogP contribution in [0.25, 0.3) is 0 Å². The zero-order valence-electron chi connectivity index (χ0n) is 10.7. The highest BCUT2D eigenvalue weighted by atomic mass is 32.1. The fourth-order valence-electron chi connectivity index (χ4n) is 1.30. The van der Waals surface area contributed by atoms with E-state index in [0.29, 0.717) is 17.8 Å². The Balaban J connectivity index is 2.09. The summed E-state index contributed by atoms with van der Waals surface area (Å²) < 4.78 is 0. The lowest BCUT2D eigenvalue weighted by Crippen LogP contribution is -2.35. The fourth-order valence-corrected chi connectivity index (χ4v) is 1.94. The van der Waals surface area contributed by atoms with Gasteiger partial charge in [-0.1, -0.05) is 6.07 Å². The maximum absolute atomic E-state index is 11.6. The van der Waals surface area contributed by atoms with Gasteiger partial charge < -0.3 is 16.0 Å². The molecule has 0 fully saturated rings. The molecule has 0 saturated heterocycles. The molecular weight excluding hydrogens is 266 g/mol. The molecule has 0 aromatic carbocycles. The molecule has 1 aromatic heterocycles. The van der Waals surface area contributed by atoms with Gasteiger partial charge in [0.2, 0.25) is 11.8 Å². The topological polar surface area (TPSA) is 87.3 Å². The molecule has 6 nitrogen and oxygen atoms in total. The second-order valence-electron chi connectivity index (χ2n) is 3.79. The van der Waals surface area contributed by atoms with Crippen LogP contribution in [-0.2, 0) is 9.59 Å². The summed E-state index contributed by atoms with van der Waals surface area (Å²) in [4.78, 5) is 34.4. The van der Waals surface area contributed by atoms with Gasteiger partial charge in [-0.15, -0.1) is 11.3 Å². The van der Waals surface area contributed by atoms with E-state index >= 15 is 0 Å². The van der Waals surface area contributed by atoms with Crippen molar-refractivity contribution in [3.63, 3.8) is 0 Å². The first-order valence-electron chi connectivity index (χ1n) is 5.92. The molecule has 0 unspecified atom stereocenters. The number of likely N-dealkylation sites (N-methyl/N-ethyl adjacent to an activating group) is 1. The SMILES string of the molecule is CNC(=O)CNC(=O)CCCNC(=O)c1cccs1. The Labute approximate surface area is 115 Å². The van der Waals surface area contributed by atoms with Crippen molar-refractivity contribution in [3.05, 3.63) is 22.4 Å². The number of carbonyl (C=O) groups excluding carboxylic acids is 3. The average Bonchev–Trinajstić information content (AvgIpc) is 2.94. The van der Waals surface area contributed by atoms with Gasteiger partial charge in [0, 0.05) is 20.0 Å². The highest BCUT2D eigenvalue weighted by Gasteiger charge is 2.06. The molecule has 0 radical (unpaired) electrons. The monoisotopic (exact) mass is 283 g/mol. The first-order valence-corrected chi connectivity index (χ1v) is 6.80. The molecule has 0 bridgehead atoms. The van der Waals surface area contributed by atoms with Crippen LogP contribution in [0.2, 0.25) is 0 Å². The van der Waals surface area contributed by atoms with Crippen LogP contribution in [0.4, 0.5) is 0 Å². The fraction of sp³-hybridized carbons (Fsp3) is 0.417. The molecule has 0 atom stereocenters. The number of hydrogen-bond acceptors (Lipinski definition) is 4. The minimum Gasteiger partial charge on any atom is -0.358 e. The predicted molar refractivity (Wildman–Crippen MR) is 73.0 cm³/mol. The molecule has 1 heterocycles. The highest BCUT2D eigenvalue weighted by molar-refractivity contribution is 7.12. The Kier molecular flexibility index (Phi) is 6.59. The van der Waals surface area contributed by atoms with Crippen molar-refractivity contribution < 1.29 is 14.4 Å². The van der Waals surface area contributed by atoms with Gasteiger partial charge in [-0.3, -0.25) is 14.4 Å². The van der Waals surface area contributed by atoms with Crippen LogP contribution in [-0.4, -0.2) is 37.9 Å². The first kappa shape index (κ1) is 15.2.